The van der Waals surface area contributed by atoms with Crippen LogP contribution in [0.1, 0.15) is 42.6 Å². The number of esters is 1. The van der Waals surface area contributed by atoms with E-state index in [0.717, 1.165) is 18.6 Å². The first kappa shape index (κ1) is 15.3. The highest BCUT2D eigenvalue weighted by molar-refractivity contribution is 7.99. The maximum Gasteiger partial charge on any atom is 0.341 e. The molecule has 1 aromatic rings. The standard InChI is InChI=1S/C13H17N3O2S/c1-3-5-6-19-12-9(8-14)7-10(11(15)16-12)13(17)18-4-2/h7H,3-6H2,1-2H3,(H2,15,16). The van der Waals surface area contributed by atoms with Crippen molar-refractivity contribution in [1.29, 1.82) is 5.26 Å². The first-order valence-corrected chi connectivity index (χ1v) is 7.13. The fourth-order valence-electron chi connectivity index (χ4n) is 1.39. The van der Waals surface area contributed by atoms with Crippen molar-refractivity contribution < 1.29 is 9.53 Å². The molecule has 0 aliphatic heterocycles. The quantitative estimate of drug-likeness (QED) is 0.489. The smallest absolute Gasteiger partial charge is 0.341 e. The number of rotatable bonds is 6. The van der Waals surface area contributed by atoms with Crippen LogP contribution in [0.4, 0.5) is 5.82 Å². The number of hydrogen-bond donors (Lipinski definition) is 1. The van der Waals surface area contributed by atoms with Crippen LogP contribution in [0.2, 0.25) is 0 Å². The number of pyridine rings is 1. The van der Waals surface area contributed by atoms with Crippen LogP contribution in [0.25, 0.3) is 0 Å². The minimum Gasteiger partial charge on any atom is -0.462 e. The van der Waals surface area contributed by atoms with Crippen LogP contribution in [0, 0.1) is 11.3 Å². The fraction of sp³-hybridized carbons (Fsp3) is 0.462. The maximum atomic E-state index is 11.6. The maximum absolute atomic E-state index is 11.6. The predicted molar refractivity (Wildman–Crippen MR) is 75.0 cm³/mol. The molecule has 0 aliphatic carbocycles. The molecule has 1 heterocycles. The number of unbranched alkanes of at least 4 members (excludes halogenated alkanes) is 1. The predicted octanol–water partition coefficient (Wildman–Crippen LogP) is 2.60. The molecule has 0 amide bonds. The van der Waals surface area contributed by atoms with Gasteiger partial charge < -0.3 is 10.5 Å². The molecule has 1 rings (SSSR count). The Bertz CT molecular complexity index is 497. The molecular weight excluding hydrogens is 262 g/mol. The van der Waals surface area contributed by atoms with E-state index >= 15 is 0 Å². The van der Waals surface area contributed by atoms with Crippen LogP contribution in [-0.2, 0) is 4.74 Å². The van der Waals surface area contributed by atoms with Crippen LogP contribution in [-0.4, -0.2) is 23.3 Å². The number of nitrogens with zero attached hydrogens (tertiary/aromatic N) is 2. The van der Waals surface area contributed by atoms with Gasteiger partial charge in [0, 0.05) is 0 Å². The second kappa shape index (κ2) is 7.64. The largest absolute Gasteiger partial charge is 0.462 e. The summed E-state index contributed by atoms with van der Waals surface area (Å²) >= 11 is 1.48. The lowest BCUT2D eigenvalue weighted by Gasteiger charge is -2.08. The number of anilines is 1. The molecule has 0 aromatic carbocycles. The van der Waals surface area contributed by atoms with E-state index < -0.39 is 5.97 Å². The third-order valence-electron chi connectivity index (χ3n) is 2.37. The van der Waals surface area contributed by atoms with Crippen LogP contribution in [0.15, 0.2) is 11.1 Å². The van der Waals surface area contributed by atoms with E-state index in [4.69, 9.17) is 15.7 Å². The molecule has 6 heteroatoms. The summed E-state index contributed by atoms with van der Waals surface area (Å²) in [6.45, 7) is 4.06. The average molecular weight is 279 g/mol. The second-order valence-corrected chi connectivity index (χ2v) is 4.89. The summed E-state index contributed by atoms with van der Waals surface area (Å²) in [5, 5.41) is 9.68. The number of nitrogens with two attached hydrogens (primary N) is 1. The van der Waals surface area contributed by atoms with Gasteiger partial charge in [-0.25, -0.2) is 9.78 Å². The van der Waals surface area contributed by atoms with Crippen molar-refractivity contribution in [3.05, 3.63) is 17.2 Å². The lowest BCUT2D eigenvalue weighted by molar-refractivity contribution is 0.0527. The lowest BCUT2D eigenvalue weighted by atomic mass is 10.2. The zero-order valence-electron chi connectivity index (χ0n) is 11.1. The van der Waals surface area contributed by atoms with Crippen molar-refractivity contribution in [3.8, 4) is 6.07 Å². The van der Waals surface area contributed by atoms with Crippen LogP contribution >= 0.6 is 11.8 Å². The summed E-state index contributed by atoms with van der Waals surface area (Å²) in [5.74, 6) is 0.432. The van der Waals surface area contributed by atoms with Gasteiger partial charge in [0.25, 0.3) is 0 Å². The van der Waals surface area contributed by atoms with Crippen LogP contribution < -0.4 is 5.73 Å². The molecular formula is C13H17N3O2S. The van der Waals surface area contributed by atoms with Gasteiger partial charge in [0.1, 0.15) is 22.5 Å². The zero-order valence-corrected chi connectivity index (χ0v) is 11.9. The molecule has 0 saturated heterocycles. The van der Waals surface area contributed by atoms with Gasteiger partial charge in [0.15, 0.2) is 0 Å². The molecule has 102 valence electrons. The Morgan fingerprint density at radius 3 is 2.89 bits per heavy atom. The van der Waals surface area contributed by atoms with Gasteiger partial charge in [0.2, 0.25) is 0 Å². The average Bonchev–Trinajstić information content (AvgIpc) is 2.39. The first-order valence-electron chi connectivity index (χ1n) is 6.14. The summed E-state index contributed by atoms with van der Waals surface area (Å²) in [7, 11) is 0. The van der Waals surface area contributed by atoms with Crippen molar-refractivity contribution >= 4 is 23.5 Å². The van der Waals surface area contributed by atoms with E-state index in [2.05, 4.69) is 11.9 Å². The molecule has 0 fully saturated rings. The van der Waals surface area contributed by atoms with Crippen molar-refractivity contribution in [2.45, 2.75) is 31.7 Å². The van der Waals surface area contributed by atoms with Gasteiger partial charge in [-0.15, -0.1) is 11.8 Å². The Morgan fingerprint density at radius 1 is 1.58 bits per heavy atom. The minimum atomic E-state index is -0.547. The molecule has 0 radical (unpaired) electrons. The molecule has 5 nitrogen and oxygen atoms in total. The molecule has 0 atom stereocenters. The Morgan fingerprint density at radius 2 is 2.32 bits per heavy atom. The van der Waals surface area contributed by atoms with E-state index in [1.54, 1.807) is 6.92 Å². The number of hydrogen-bond acceptors (Lipinski definition) is 6. The Balaban J connectivity index is 3.01. The van der Waals surface area contributed by atoms with Gasteiger partial charge in [-0.05, 0) is 25.2 Å². The van der Waals surface area contributed by atoms with Crippen molar-refractivity contribution in [2.75, 3.05) is 18.1 Å². The van der Waals surface area contributed by atoms with Gasteiger partial charge >= 0.3 is 5.97 Å². The molecule has 0 bridgehead atoms. The number of carbonyl (C=O) groups excluding carboxylic acids is 1. The summed E-state index contributed by atoms with van der Waals surface area (Å²) in [6, 6.07) is 3.49. The Labute approximate surface area is 117 Å². The number of ether oxygens (including phenoxy) is 1. The first-order chi connectivity index (χ1) is 9.13. The summed E-state index contributed by atoms with van der Waals surface area (Å²) in [5.41, 5.74) is 6.26. The summed E-state index contributed by atoms with van der Waals surface area (Å²) < 4.78 is 4.87. The summed E-state index contributed by atoms with van der Waals surface area (Å²) in [6.07, 6.45) is 2.11. The second-order valence-electron chi connectivity index (χ2n) is 3.81. The van der Waals surface area contributed by atoms with Crippen LogP contribution in [0.3, 0.4) is 0 Å². The lowest BCUT2D eigenvalue weighted by Crippen LogP contribution is -2.10. The van der Waals surface area contributed by atoms with Crippen LogP contribution in [0.5, 0.6) is 0 Å². The van der Waals surface area contributed by atoms with Crippen molar-refractivity contribution in [1.82, 2.24) is 4.98 Å². The topological polar surface area (TPSA) is 89.0 Å². The Hall–Kier alpha value is -1.74. The number of carbonyl (C=O) groups is 1. The van der Waals surface area contributed by atoms with Gasteiger partial charge in [0.05, 0.1) is 12.2 Å². The van der Waals surface area contributed by atoms with E-state index in [9.17, 15) is 4.79 Å². The number of nitrogen functional groups attached to an aromatic ring is 1. The van der Waals surface area contributed by atoms with Gasteiger partial charge in [-0.1, -0.05) is 13.3 Å². The molecule has 2 N–H and O–H groups in total. The third kappa shape index (κ3) is 4.14. The number of nitriles is 1. The highest BCUT2D eigenvalue weighted by Crippen LogP contribution is 2.25. The molecule has 1 aromatic heterocycles. The SMILES string of the molecule is CCCCSc1nc(N)c(C(=O)OCC)cc1C#N. The van der Waals surface area contributed by atoms with E-state index in [1.807, 2.05) is 6.07 Å². The van der Waals surface area contributed by atoms with E-state index in [0.29, 0.717) is 10.6 Å². The van der Waals surface area contributed by atoms with Gasteiger partial charge in [-0.3, -0.25) is 0 Å². The highest BCUT2D eigenvalue weighted by atomic mass is 32.2. The molecule has 0 spiro atoms. The van der Waals surface area contributed by atoms with E-state index in [1.165, 1.54) is 17.8 Å². The number of thioether (sulfide) groups is 1. The Kier molecular flexibility index (Phi) is 6.16. The number of aromatic nitrogens is 1. The normalized spacial score (nSPS) is 9.95. The van der Waals surface area contributed by atoms with Crippen molar-refractivity contribution in [2.24, 2.45) is 0 Å². The van der Waals surface area contributed by atoms with E-state index in [-0.39, 0.29) is 18.0 Å². The van der Waals surface area contributed by atoms with Crippen molar-refractivity contribution in [3.63, 3.8) is 0 Å². The molecule has 0 aliphatic rings. The fourth-order valence-corrected chi connectivity index (χ4v) is 2.43. The summed E-state index contributed by atoms with van der Waals surface area (Å²) in [4.78, 5) is 15.8. The molecule has 19 heavy (non-hydrogen) atoms. The molecule has 0 saturated carbocycles. The molecule has 0 unspecified atom stereocenters. The minimum absolute atomic E-state index is 0.108. The highest BCUT2D eigenvalue weighted by Gasteiger charge is 2.16. The monoisotopic (exact) mass is 279 g/mol. The zero-order chi connectivity index (χ0) is 14.3. The van der Waals surface area contributed by atoms with Gasteiger partial charge in [-0.2, -0.15) is 5.26 Å². The third-order valence-corrected chi connectivity index (χ3v) is 3.45.